The number of hydrogen-bond acceptors (Lipinski definition) is 2. The largest absolute Gasteiger partial charge is 0.306 e. The third kappa shape index (κ3) is 15.6. The van der Waals surface area contributed by atoms with Crippen molar-refractivity contribution in [1.29, 1.82) is 0 Å². The molecule has 2 nitrogen and oxygen atoms in total. The van der Waals surface area contributed by atoms with Gasteiger partial charge >= 0.3 is 0 Å². The monoisotopic (exact) mass is 532 g/mol. The van der Waals surface area contributed by atoms with Crippen LogP contribution >= 0.6 is 0 Å². The van der Waals surface area contributed by atoms with Crippen LogP contribution in [0.1, 0.15) is 81.5 Å². The molecule has 39 heavy (non-hydrogen) atoms. The Kier molecular flexibility index (Phi) is 16.4. The van der Waals surface area contributed by atoms with E-state index in [1.54, 1.807) is 25.3 Å². The van der Waals surface area contributed by atoms with Crippen molar-refractivity contribution in [2.75, 3.05) is 20.1 Å². The van der Waals surface area contributed by atoms with Gasteiger partial charge in [-0.1, -0.05) is 99.2 Å². The van der Waals surface area contributed by atoms with Gasteiger partial charge in [-0.05, 0) is 95.0 Å². The molecule has 3 aromatic rings. The molecule has 2 bridgehead atoms. The number of pyridine rings is 1. The first kappa shape index (κ1) is 32.7. The van der Waals surface area contributed by atoms with Crippen molar-refractivity contribution < 1.29 is 4.39 Å². The van der Waals surface area contributed by atoms with E-state index in [1.165, 1.54) is 82.5 Å². The predicted octanol–water partition coefficient (Wildman–Crippen LogP) is 9.84. The molecule has 2 aromatic carbocycles. The van der Waals surface area contributed by atoms with E-state index in [2.05, 4.69) is 42.9 Å². The smallest absolute Gasteiger partial charge is 0.126 e. The van der Waals surface area contributed by atoms with Crippen molar-refractivity contribution in [3.63, 3.8) is 0 Å². The molecule has 0 spiro atoms. The van der Waals surface area contributed by atoms with Gasteiger partial charge in [0, 0.05) is 25.0 Å². The van der Waals surface area contributed by atoms with Gasteiger partial charge in [0.1, 0.15) is 5.82 Å². The van der Waals surface area contributed by atoms with E-state index in [1.807, 2.05) is 49.4 Å². The van der Waals surface area contributed by atoms with Crippen LogP contribution in [0.5, 0.6) is 0 Å². The second-order valence-corrected chi connectivity index (χ2v) is 11.7. The summed E-state index contributed by atoms with van der Waals surface area (Å²) in [5.74, 6) is 2.99. The first-order chi connectivity index (χ1) is 18.8. The predicted molar refractivity (Wildman–Crippen MR) is 166 cm³/mol. The number of aryl methyl sites for hydroxylation is 3. The third-order valence-corrected chi connectivity index (χ3v) is 7.83. The van der Waals surface area contributed by atoms with Gasteiger partial charge in [-0.2, -0.15) is 0 Å². The first-order valence-corrected chi connectivity index (χ1v) is 15.1. The Balaban J connectivity index is 0.000000172. The van der Waals surface area contributed by atoms with E-state index in [0.29, 0.717) is 5.56 Å². The fourth-order valence-electron chi connectivity index (χ4n) is 5.39. The van der Waals surface area contributed by atoms with Gasteiger partial charge in [0.05, 0.1) is 0 Å². The van der Waals surface area contributed by atoms with E-state index in [-0.39, 0.29) is 5.82 Å². The van der Waals surface area contributed by atoms with Crippen molar-refractivity contribution in [3.05, 3.63) is 102 Å². The molecule has 2 saturated heterocycles. The number of aromatic nitrogens is 1. The van der Waals surface area contributed by atoms with Crippen LogP contribution in [0.2, 0.25) is 0 Å². The van der Waals surface area contributed by atoms with E-state index in [9.17, 15) is 4.39 Å². The summed E-state index contributed by atoms with van der Waals surface area (Å²) < 4.78 is 12.3. The van der Waals surface area contributed by atoms with Crippen LogP contribution in [-0.4, -0.2) is 30.0 Å². The van der Waals surface area contributed by atoms with Gasteiger partial charge in [-0.25, -0.2) is 4.39 Å². The number of hydrogen-bond donors (Lipinski definition) is 0. The van der Waals surface area contributed by atoms with Gasteiger partial charge in [-0.3, -0.25) is 4.98 Å². The van der Waals surface area contributed by atoms with Crippen LogP contribution in [0.4, 0.5) is 4.39 Å². The molecule has 4 aliphatic rings. The third-order valence-electron chi connectivity index (χ3n) is 7.83. The molecular weight excluding hydrogens is 479 g/mol. The summed E-state index contributed by atoms with van der Waals surface area (Å²) in [5, 5.41) is 0. The molecule has 0 N–H and O–H groups in total. The minimum absolute atomic E-state index is 0.132. The summed E-state index contributed by atoms with van der Waals surface area (Å²) >= 11 is 0. The lowest BCUT2D eigenvalue weighted by Gasteiger charge is -2.21. The molecule has 2 saturated carbocycles. The molecular formula is C36H53FN2. The highest BCUT2D eigenvalue weighted by molar-refractivity contribution is 5.14. The first-order valence-electron chi connectivity index (χ1n) is 15.1. The molecule has 4 fully saturated rings. The zero-order valence-corrected chi connectivity index (χ0v) is 25.3. The molecule has 0 atom stereocenters. The van der Waals surface area contributed by atoms with Crippen molar-refractivity contribution in [2.24, 2.45) is 17.8 Å². The second-order valence-electron chi connectivity index (χ2n) is 11.7. The highest BCUT2D eigenvalue weighted by atomic mass is 19.1. The van der Waals surface area contributed by atoms with Crippen molar-refractivity contribution in [3.8, 4) is 0 Å². The maximum absolute atomic E-state index is 12.3. The van der Waals surface area contributed by atoms with Crippen LogP contribution in [0.15, 0.2) is 79.0 Å². The zero-order chi connectivity index (χ0) is 28.3. The molecule has 214 valence electrons. The molecule has 3 heteroatoms. The van der Waals surface area contributed by atoms with Crippen LogP contribution in [0.3, 0.4) is 0 Å². The molecule has 3 heterocycles. The molecule has 7 rings (SSSR count). The Morgan fingerprint density at radius 1 is 0.667 bits per heavy atom. The lowest BCUT2D eigenvalue weighted by molar-refractivity contribution is 0.308. The number of nitrogens with zero attached hydrogens (tertiary/aromatic N) is 2. The molecule has 1 aromatic heterocycles. The number of rotatable bonds is 0. The molecule has 0 unspecified atom stereocenters. The summed E-state index contributed by atoms with van der Waals surface area (Å²) in [6, 6.07) is 22.8. The van der Waals surface area contributed by atoms with Gasteiger partial charge < -0.3 is 4.90 Å². The number of halogens is 1. The maximum Gasteiger partial charge on any atom is 0.126 e. The quantitative estimate of drug-likeness (QED) is 0.286. The molecule has 2 aliphatic carbocycles. The van der Waals surface area contributed by atoms with Crippen LogP contribution < -0.4 is 0 Å². The summed E-state index contributed by atoms with van der Waals surface area (Å²) in [4.78, 5) is 6.50. The summed E-state index contributed by atoms with van der Waals surface area (Å²) in [5.41, 5.74) is 3.09. The number of benzene rings is 2. The maximum atomic E-state index is 12.3. The van der Waals surface area contributed by atoms with Gasteiger partial charge in [0.2, 0.25) is 0 Å². The van der Waals surface area contributed by atoms with E-state index >= 15 is 0 Å². The average molecular weight is 533 g/mol. The average Bonchev–Trinajstić information content (AvgIpc) is 3.24. The Hall–Kier alpha value is -2.52. The summed E-state index contributed by atoms with van der Waals surface area (Å²) in [6.45, 7) is 10.9. The Bertz CT molecular complexity index is 905. The topological polar surface area (TPSA) is 16.1 Å². The Morgan fingerprint density at radius 2 is 1.21 bits per heavy atom. The molecule has 2 aliphatic heterocycles. The van der Waals surface area contributed by atoms with E-state index in [4.69, 9.17) is 0 Å². The SMILES string of the molecule is CC1CCCCC1.CN1CC2CCC(CC2)C1.Cc1ccccc1.Cc1ccccc1F.Cc1ccccn1. The van der Waals surface area contributed by atoms with Gasteiger partial charge in [0.25, 0.3) is 0 Å². The zero-order valence-electron chi connectivity index (χ0n) is 25.3. The standard InChI is InChI=1S/C9H17N.C7H7F.C7H14.C7H8.C6H7N/c1-10-6-8-2-3-9(7-10)5-4-8;1-6-4-2-3-5-7(6)8;2*1-7-5-3-2-4-6-7;1-6-4-2-3-5-7-6/h8-9H,2-7H2,1H3;2-5H,1H3;7H,2-6H2,1H3;2-6H,1H3;2-5H,1H3. The van der Waals surface area contributed by atoms with Gasteiger partial charge in [-0.15, -0.1) is 0 Å². The highest BCUT2D eigenvalue weighted by Gasteiger charge is 2.27. The Morgan fingerprint density at radius 3 is 1.54 bits per heavy atom. The summed E-state index contributed by atoms with van der Waals surface area (Å²) in [7, 11) is 2.27. The van der Waals surface area contributed by atoms with Gasteiger partial charge in [0.15, 0.2) is 0 Å². The van der Waals surface area contributed by atoms with Crippen molar-refractivity contribution >= 4 is 0 Å². The molecule has 0 radical (unpaired) electrons. The lowest BCUT2D eigenvalue weighted by Crippen LogP contribution is -2.23. The van der Waals surface area contributed by atoms with Crippen LogP contribution in [0, 0.1) is 44.3 Å². The fourth-order valence-corrected chi connectivity index (χ4v) is 5.39. The van der Waals surface area contributed by atoms with E-state index in [0.717, 1.165) is 23.4 Å². The van der Waals surface area contributed by atoms with Crippen molar-refractivity contribution in [1.82, 2.24) is 9.88 Å². The highest BCUT2D eigenvalue weighted by Crippen LogP contribution is 2.32. The minimum atomic E-state index is -0.132. The Labute approximate surface area is 239 Å². The normalized spacial score (nSPS) is 20.3. The fraction of sp³-hybridized carbons (Fsp3) is 0.528. The van der Waals surface area contributed by atoms with Crippen LogP contribution in [-0.2, 0) is 0 Å². The number of fused-ring (bicyclic) bond motifs is 4. The van der Waals surface area contributed by atoms with Crippen molar-refractivity contribution in [2.45, 2.75) is 85.5 Å². The lowest BCUT2D eigenvalue weighted by atomic mass is 9.84. The second kappa shape index (κ2) is 19.5. The van der Waals surface area contributed by atoms with E-state index < -0.39 is 0 Å². The van der Waals surface area contributed by atoms with Crippen LogP contribution in [0.25, 0.3) is 0 Å². The summed E-state index contributed by atoms with van der Waals surface area (Å²) in [6.07, 6.45) is 15.3. The molecule has 0 amide bonds. The minimum Gasteiger partial charge on any atom is -0.306 e.